The third-order valence-corrected chi connectivity index (χ3v) is 3.83. The summed E-state index contributed by atoms with van der Waals surface area (Å²) < 4.78 is 9.50. The van der Waals surface area contributed by atoms with Crippen LogP contribution in [0.2, 0.25) is 0 Å². The monoisotopic (exact) mass is 292 g/mol. The minimum absolute atomic E-state index is 0.0685. The molecule has 0 aliphatic carbocycles. The SMILES string of the molecule is COc1ccc(Cc2nsc([C@H](N)CC(C)N)n2)cc1. The summed E-state index contributed by atoms with van der Waals surface area (Å²) in [4.78, 5) is 4.50. The molecule has 6 heteroatoms. The fraction of sp³-hybridized carbons (Fsp3) is 0.429. The van der Waals surface area contributed by atoms with Gasteiger partial charge in [0.05, 0.1) is 13.2 Å². The molecule has 0 bridgehead atoms. The highest BCUT2D eigenvalue weighted by atomic mass is 32.1. The molecule has 0 aliphatic rings. The fourth-order valence-electron chi connectivity index (χ4n) is 1.92. The smallest absolute Gasteiger partial charge is 0.147 e. The van der Waals surface area contributed by atoms with Crippen molar-refractivity contribution in [2.75, 3.05) is 7.11 Å². The summed E-state index contributed by atoms with van der Waals surface area (Å²) in [5.41, 5.74) is 13.0. The van der Waals surface area contributed by atoms with Crippen LogP contribution in [0.25, 0.3) is 0 Å². The average molecular weight is 292 g/mol. The van der Waals surface area contributed by atoms with Crippen molar-refractivity contribution in [3.8, 4) is 5.75 Å². The molecule has 0 fully saturated rings. The predicted octanol–water partition coefficient (Wildman–Crippen LogP) is 1.87. The Balaban J connectivity index is 2.01. The summed E-state index contributed by atoms with van der Waals surface area (Å²) in [6.45, 7) is 1.94. The summed E-state index contributed by atoms with van der Waals surface area (Å²) in [7, 11) is 1.66. The van der Waals surface area contributed by atoms with E-state index in [1.807, 2.05) is 31.2 Å². The highest BCUT2D eigenvalue weighted by molar-refractivity contribution is 7.05. The van der Waals surface area contributed by atoms with Crippen LogP contribution >= 0.6 is 11.5 Å². The number of nitrogens with two attached hydrogens (primary N) is 2. The highest BCUT2D eigenvalue weighted by Gasteiger charge is 2.14. The zero-order valence-electron chi connectivity index (χ0n) is 11.7. The molecule has 0 radical (unpaired) electrons. The van der Waals surface area contributed by atoms with Gasteiger partial charge in [0.25, 0.3) is 0 Å². The molecule has 1 aromatic carbocycles. The molecule has 0 spiro atoms. The van der Waals surface area contributed by atoms with E-state index in [-0.39, 0.29) is 12.1 Å². The zero-order chi connectivity index (χ0) is 14.5. The Morgan fingerprint density at radius 2 is 1.95 bits per heavy atom. The Morgan fingerprint density at radius 3 is 2.55 bits per heavy atom. The number of methoxy groups -OCH3 is 1. The number of hydrogen-bond acceptors (Lipinski definition) is 6. The Kier molecular flexibility index (Phi) is 5.05. The van der Waals surface area contributed by atoms with E-state index in [0.717, 1.165) is 28.6 Å². The van der Waals surface area contributed by atoms with Gasteiger partial charge >= 0.3 is 0 Å². The number of benzene rings is 1. The van der Waals surface area contributed by atoms with Crippen molar-refractivity contribution in [2.24, 2.45) is 11.5 Å². The molecule has 0 saturated carbocycles. The van der Waals surface area contributed by atoms with Crippen LogP contribution in [-0.4, -0.2) is 22.5 Å². The summed E-state index contributed by atoms with van der Waals surface area (Å²) in [6, 6.07) is 7.84. The first kappa shape index (κ1) is 14.9. The molecule has 108 valence electrons. The van der Waals surface area contributed by atoms with Gasteiger partial charge in [-0.15, -0.1) is 0 Å². The van der Waals surface area contributed by atoms with Gasteiger partial charge in [0.2, 0.25) is 0 Å². The maximum atomic E-state index is 6.05. The average Bonchev–Trinajstić information content (AvgIpc) is 2.87. The third-order valence-electron chi connectivity index (χ3n) is 2.95. The maximum absolute atomic E-state index is 6.05. The molecular formula is C14H20N4OS. The van der Waals surface area contributed by atoms with Crippen molar-refractivity contribution in [2.45, 2.75) is 31.8 Å². The second-order valence-corrected chi connectivity index (χ2v) is 5.68. The van der Waals surface area contributed by atoms with Crippen molar-refractivity contribution in [1.82, 2.24) is 9.36 Å². The predicted molar refractivity (Wildman–Crippen MR) is 80.9 cm³/mol. The van der Waals surface area contributed by atoms with Crippen molar-refractivity contribution in [3.05, 3.63) is 40.7 Å². The molecular weight excluding hydrogens is 272 g/mol. The van der Waals surface area contributed by atoms with Gasteiger partial charge < -0.3 is 16.2 Å². The lowest BCUT2D eigenvalue weighted by Crippen LogP contribution is -2.23. The van der Waals surface area contributed by atoms with Gasteiger partial charge in [-0.1, -0.05) is 12.1 Å². The molecule has 5 nitrogen and oxygen atoms in total. The van der Waals surface area contributed by atoms with Crippen molar-refractivity contribution in [3.63, 3.8) is 0 Å². The molecule has 4 N–H and O–H groups in total. The Labute approximate surface area is 123 Å². The first-order chi connectivity index (χ1) is 9.58. The fourth-order valence-corrected chi connectivity index (χ4v) is 2.60. The van der Waals surface area contributed by atoms with E-state index in [0.29, 0.717) is 6.42 Å². The van der Waals surface area contributed by atoms with Gasteiger partial charge in [-0.05, 0) is 42.6 Å². The minimum atomic E-state index is -0.128. The van der Waals surface area contributed by atoms with E-state index >= 15 is 0 Å². The Hall–Kier alpha value is -1.50. The van der Waals surface area contributed by atoms with Crippen LogP contribution in [0.15, 0.2) is 24.3 Å². The van der Waals surface area contributed by atoms with E-state index in [1.165, 1.54) is 11.5 Å². The maximum Gasteiger partial charge on any atom is 0.147 e. The number of nitrogens with zero attached hydrogens (tertiary/aromatic N) is 2. The largest absolute Gasteiger partial charge is 0.497 e. The van der Waals surface area contributed by atoms with E-state index in [2.05, 4.69) is 9.36 Å². The molecule has 2 rings (SSSR count). The molecule has 2 atom stereocenters. The van der Waals surface area contributed by atoms with Crippen LogP contribution < -0.4 is 16.2 Å². The topological polar surface area (TPSA) is 87.0 Å². The molecule has 0 aliphatic heterocycles. The van der Waals surface area contributed by atoms with Crippen molar-refractivity contribution >= 4 is 11.5 Å². The normalized spacial score (nSPS) is 14.0. The van der Waals surface area contributed by atoms with Crippen LogP contribution in [0.4, 0.5) is 0 Å². The first-order valence-electron chi connectivity index (χ1n) is 6.55. The van der Waals surface area contributed by atoms with Gasteiger partial charge in [0.15, 0.2) is 0 Å². The van der Waals surface area contributed by atoms with Crippen LogP contribution in [0.5, 0.6) is 5.75 Å². The van der Waals surface area contributed by atoms with E-state index < -0.39 is 0 Å². The number of aromatic nitrogens is 2. The molecule has 1 unspecified atom stereocenters. The van der Waals surface area contributed by atoms with E-state index in [4.69, 9.17) is 16.2 Å². The highest BCUT2D eigenvalue weighted by Crippen LogP contribution is 2.19. The lowest BCUT2D eigenvalue weighted by molar-refractivity contribution is 0.414. The van der Waals surface area contributed by atoms with Crippen LogP contribution in [-0.2, 0) is 6.42 Å². The van der Waals surface area contributed by atoms with Crippen LogP contribution in [0, 0.1) is 0 Å². The van der Waals surface area contributed by atoms with Gasteiger partial charge in [0, 0.05) is 12.5 Å². The Bertz CT molecular complexity index is 538. The van der Waals surface area contributed by atoms with E-state index in [1.54, 1.807) is 7.11 Å². The summed E-state index contributed by atoms with van der Waals surface area (Å²) in [5.74, 6) is 1.65. The zero-order valence-corrected chi connectivity index (χ0v) is 12.6. The molecule has 0 amide bonds. The molecule has 1 aromatic heterocycles. The summed E-state index contributed by atoms with van der Waals surface area (Å²) in [5, 5.41) is 0.853. The van der Waals surface area contributed by atoms with Crippen LogP contribution in [0.3, 0.4) is 0 Å². The molecule has 20 heavy (non-hydrogen) atoms. The lowest BCUT2D eigenvalue weighted by Gasteiger charge is -2.09. The van der Waals surface area contributed by atoms with Gasteiger partial charge in [-0.25, -0.2) is 4.98 Å². The second kappa shape index (κ2) is 6.78. The standard InChI is InChI=1S/C14H20N4OS/c1-9(15)7-12(16)14-17-13(18-20-14)8-10-3-5-11(19-2)6-4-10/h3-6,9,12H,7-8,15-16H2,1-2H3/t9?,12-/m1/s1. The van der Waals surface area contributed by atoms with Gasteiger partial charge in [-0.3, -0.25) is 0 Å². The quantitative estimate of drug-likeness (QED) is 0.848. The molecule has 1 heterocycles. The first-order valence-corrected chi connectivity index (χ1v) is 7.32. The minimum Gasteiger partial charge on any atom is -0.497 e. The van der Waals surface area contributed by atoms with Gasteiger partial charge in [-0.2, -0.15) is 4.37 Å². The molecule has 0 saturated heterocycles. The third kappa shape index (κ3) is 4.00. The Morgan fingerprint density at radius 1 is 1.25 bits per heavy atom. The van der Waals surface area contributed by atoms with E-state index in [9.17, 15) is 0 Å². The van der Waals surface area contributed by atoms with Crippen molar-refractivity contribution < 1.29 is 4.74 Å². The summed E-state index contributed by atoms with van der Waals surface area (Å²) >= 11 is 1.36. The lowest BCUT2D eigenvalue weighted by atomic mass is 10.1. The van der Waals surface area contributed by atoms with Crippen molar-refractivity contribution in [1.29, 1.82) is 0 Å². The van der Waals surface area contributed by atoms with Gasteiger partial charge in [0.1, 0.15) is 16.6 Å². The number of ether oxygens (including phenoxy) is 1. The van der Waals surface area contributed by atoms with Crippen LogP contribution in [0.1, 0.15) is 35.8 Å². The summed E-state index contributed by atoms with van der Waals surface area (Å²) in [6.07, 6.45) is 1.42. The number of hydrogen-bond donors (Lipinski definition) is 2. The molecule has 2 aromatic rings. The number of rotatable bonds is 6. The second-order valence-electron chi connectivity index (χ2n) is 4.89.